The molecule has 1 saturated carbocycles. The molecule has 0 bridgehead atoms. The van der Waals surface area contributed by atoms with Crippen molar-refractivity contribution in [1.29, 1.82) is 0 Å². The lowest BCUT2D eigenvalue weighted by Crippen LogP contribution is -2.63. The summed E-state index contributed by atoms with van der Waals surface area (Å²) in [5, 5.41) is 16.9. The molecule has 12 heteroatoms. The zero-order valence-corrected chi connectivity index (χ0v) is 19.6. The van der Waals surface area contributed by atoms with Gasteiger partial charge in [0, 0.05) is 30.7 Å². The highest BCUT2D eigenvalue weighted by molar-refractivity contribution is 7.09. The zero-order chi connectivity index (χ0) is 24.6. The predicted octanol–water partition coefficient (Wildman–Crippen LogP) is 3.15. The largest absolute Gasteiger partial charge is 0.416 e. The van der Waals surface area contributed by atoms with E-state index in [0.29, 0.717) is 24.4 Å². The fraction of sp³-hybridized carbons (Fsp3) is 0.478. The van der Waals surface area contributed by atoms with Crippen molar-refractivity contribution < 1.29 is 23.1 Å². The number of fused-ring (bicyclic) bond motifs is 1. The van der Waals surface area contributed by atoms with Crippen LogP contribution in [0.3, 0.4) is 0 Å². The predicted molar refractivity (Wildman–Crippen MR) is 125 cm³/mol. The second kappa shape index (κ2) is 9.32. The number of nitrogens with zero attached hydrogens (tertiary/aromatic N) is 4. The van der Waals surface area contributed by atoms with Gasteiger partial charge in [0.1, 0.15) is 17.7 Å². The summed E-state index contributed by atoms with van der Waals surface area (Å²) in [6.07, 6.45) is 1.68. The van der Waals surface area contributed by atoms with Crippen molar-refractivity contribution in [3.05, 3.63) is 46.7 Å². The monoisotopic (exact) mass is 506 g/mol. The van der Waals surface area contributed by atoms with Crippen molar-refractivity contribution in [2.45, 2.75) is 49.5 Å². The van der Waals surface area contributed by atoms with Crippen LogP contribution in [0.5, 0.6) is 0 Å². The minimum Gasteiger partial charge on any atom is -0.384 e. The number of halogens is 3. The maximum atomic E-state index is 13.1. The van der Waals surface area contributed by atoms with E-state index >= 15 is 0 Å². The molecule has 35 heavy (non-hydrogen) atoms. The summed E-state index contributed by atoms with van der Waals surface area (Å²) < 4.78 is 39.2. The van der Waals surface area contributed by atoms with E-state index in [-0.39, 0.29) is 29.7 Å². The number of thiazole rings is 1. The van der Waals surface area contributed by atoms with Gasteiger partial charge in [0.25, 0.3) is 0 Å². The fourth-order valence-corrected chi connectivity index (χ4v) is 5.64. The number of rotatable bonds is 6. The molecule has 1 amide bonds. The molecule has 0 atom stereocenters. The second-order valence-electron chi connectivity index (χ2n) is 9.15. The van der Waals surface area contributed by atoms with Crippen molar-refractivity contribution in [1.82, 2.24) is 25.2 Å². The van der Waals surface area contributed by atoms with Crippen molar-refractivity contribution >= 4 is 34.0 Å². The average molecular weight is 507 g/mol. The highest BCUT2D eigenvalue weighted by Crippen LogP contribution is 2.40. The van der Waals surface area contributed by atoms with Gasteiger partial charge in [0.05, 0.1) is 34.1 Å². The summed E-state index contributed by atoms with van der Waals surface area (Å²) in [6.45, 7) is 1.37. The van der Waals surface area contributed by atoms with Crippen LogP contribution in [0.15, 0.2) is 36.2 Å². The minimum absolute atomic E-state index is 0.0191. The quantitative estimate of drug-likeness (QED) is 0.472. The number of carbonyl (C=O) groups is 1. The number of alkyl halides is 3. The highest BCUT2D eigenvalue weighted by atomic mass is 32.1. The van der Waals surface area contributed by atoms with E-state index in [1.54, 1.807) is 11.7 Å². The Bertz CT molecular complexity index is 1190. The molecule has 1 aromatic carbocycles. The second-order valence-corrected chi connectivity index (χ2v) is 10.0. The third kappa shape index (κ3) is 5.09. The van der Waals surface area contributed by atoms with Gasteiger partial charge in [-0.25, -0.2) is 9.97 Å². The molecule has 3 N–H and O–H groups in total. The standard InChI is InChI=1S/C23H25F3N6O2S/c24-23(25,26)14-1-2-18-17(7-14)21(30-12-29-18)28-9-20(33)31-15-10-32(11-15)16-3-5-22(34,6-4-16)19-8-27-13-35-19/h1-2,7-8,12-13,15-16,34H,3-6,9-11H2,(H,31,33)(H,28,29,30)/t16-,22+. The van der Waals surface area contributed by atoms with Gasteiger partial charge in [-0.2, -0.15) is 13.2 Å². The molecular weight excluding hydrogens is 481 g/mol. The van der Waals surface area contributed by atoms with Crippen LogP contribution >= 0.6 is 11.3 Å². The summed E-state index contributed by atoms with van der Waals surface area (Å²) in [5.74, 6) is -0.0706. The number of amides is 1. The van der Waals surface area contributed by atoms with Crippen LogP contribution < -0.4 is 10.6 Å². The first kappa shape index (κ1) is 23.9. The summed E-state index contributed by atoms with van der Waals surface area (Å²) in [5.41, 5.74) is 0.521. The van der Waals surface area contributed by atoms with Gasteiger partial charge in [-0.3, -0.25) is 14.7 Å². The van der Waals surface area contributed by atoms with Crippen LogP contribution in [0.25, 0.3) is 10.9 Å². The molecule has 0 spiro atoms. The molecule has 186 valence electrons. The first-order chi connectivity index (χ1) is 16.7. The van der Waals surface area contributed by atoms with Crippen molar-refractivity contribution in [2.24, 2.45) is 0 Å². The number of carbonyl (C=O) groups excluding carboxylic acids is 1. The molecular formula is C23H25F3N6O2S. The smallest absolute Gasteiger partial charge is 0.384 e. The van der Waals surface area contributed by atoms with E-state index in [1.807, 2.05) is 0 Å². The van der Waals surface area contributed by atoms with Crippen molar-refractivity contribution in [3.63, 3.8) is 0 Å². The number of aliphatic hydroxyl groups is 1. The Morgan fingerprint density at radius 1 is 1.23 bits per heavy atom. The van der Waals surface area contributed by atoms with Crippen LogP contribution in [-0.4, -0.2) is 62.6 Å². The topological polar surface area (TPSA) is 103 Å². The van der Waals surface area contributed by atoms with Gasteiger partial charge in [0.2, 0.25) is 5.91 Å². The number of likely N-dealkylation sites (tertiary alicyclic amines) is 1. The minimum atomic E-state index is -4.48. The molecule has 3 heterocycles. The van der Waals surface area contributed by atoms with Gasteiger partial charge in [-0.15, -0.1) is 11.3 Å². The molecule has 3 aromatic rings. The maximum Gasteiger partial charge on any atom is 0.416 e. The lowest BCUT2D eigenvalue weighted by atomic mass is 9.80. The van der Waals surface area contributed by atoms with Crippen LogP contribution in [-0.2, 0) is 16.6 Å². The van der Waals surface area contributed by atoms with Gasteiger partial charge in [-0.05, 0) is 43.9 Å². The SMILES string of the molecule is O=C(CNc1ncnc2ccc(C(F)(F)F)cc12)NC1CN([C@H]2CC[C@](O)(c3cncs3)CC2)C1. The maximum absolute atomic E-state index is 13.1. The van der Waals surface area contributed by atoms with Gasteiger partial charge >= 0.3 is 6.18 Å². The first-order valence-corrected chi connectivity index (χ1v) is 12.3. The summed E-state index contributed by atoms with van der Waals surface area (Å²) in [4.78, 5) is 27.8. The van der Waals surface area contributed by atoms with E-state index in [2.05, 4.69) is 30.5 Å². The Kier molecular flexibility index (Phi) is 6.36. The normalized spacial score (nSPS) is 23.7. The molecule has 1 saturated heterocycles. The fourth-order valence-electron chi connectivity index (χ4n) is 4.86. The number of benzene rings is 1. The van der Waals surface area contributed by atoms with Gasteiger partial charge in [0.15, 0.2) is 0 Å². The summed E-state index contributed by atoms with van der Waals surface area (Å²) in [6, 6.07) is 3.65. The highest BCUT2D eigenvalue weighted by Gasteiger charge is 2.41. The Balaban J connectivity index is 1.10. The van der Waals surface area contributed by atoms with Crippen LogP contribution in [0, 0.1) is 0 Å². The molecule has 2 aromatic heterocycles. The van der Waals surface area contributed by atoms with E-state index < -0.39 is 17.3 Å². The molecule has 2 fully saturated rings. The zero-order valence-electron chi connectivity index (χ0n) is 18.8. The molecule has 5 rings (SSSR count). The molecule has 1 aliphatic heterocycles. The molecule has 0 radical (unpaired) electrons. The Hall–Kier alpha value is -2.83. The number of hydrogen-bond donors (Lipinski definition) is 3. The molecule has 1 aliphatic carbocycles. The Labute approximate surface area is 203 Å². The first-order valence-electron chi connectivity index (χ1n) is 11.4. The van der Waals surface area contributed by atoms with Crippen LogP contribution in [0.4, 0.5) is 19.0 Å². The lowest BCUT2D eigenvalue weighted by Gasteiger charge is -2.48. The number of anilines is 1. The Morgan fingerprint density at radius 3 is 2.69 bits per heavy atom. The molecule has 2 aliphatic rings. The van der Waals surface area contributed by atoms with E-state index in [1.165, 1.54) is 23.7 Å². The molecule has 0 unspecified atom stereocenters. The Morgan fingerprint density at radius 2 is 2.00 bits per heavy atom. The van der Waals surface area contributed by atoms with Gasteiger partial charge < -0.3 is 15.7 Å². The molecule has 8 nitrogen and oxygen atoms in total. The number of nitrogens with one attached hydrogen (secondary N) is 2. The lowest BCUT2D eigenvalue weighted by molar-refractivity contribution is -0.137. The third-order valence-corrected chi connectivity index (χ3v) is 7.81. The van der Waals surface area contributed by atoms with Crippen molar-refractivity contribution in [3.8, 4) is 0 Å². The van der Waals surface area contributed by atoms with Gasteiger partial charge in [-0.1, -0.05) is 0 Å². The van der Waals surface area contributed by atoms with E-state index in [4.69, 9.17) is 0 Å². The number of hydrogen-bond acceptors (Lipinski definition) is 8. The van der Waals surface area contributed by atoms with E-state index in [0.717, 1.165) is 42.9 Å². The average Bonchev–Trinajstić information content (AvgIpc) is 3.36. The summed E-state index contributed by atoms with van der Waals surface area (Å²) in [7, 11) is 0. The van der Waals surface area contributed by atoms with Crippen LogP contribution in [0.2, 0.25) is 0 Å². The summed E-state index contributed by atoms with van der Waals surface area (Å²) >= 11 is 1.48. The third-order valence-electron chi connectivity index (χ3n) is 6.84. The van der Waals surface area contributed by atoms with Crippen LogP contribution in [0.1, 0.15) is 36.1 Å². The van der Waals surface area contributed by atoms with Crippen molar-refractivity contribution in [2.75, 3.05) is 25.0 Å². The van der Waals surface area contributed by atoms with E-state index in [9.17, 15) is 23.1 Å². The number of aromatic nitrogens is 3.